The van der Waals surface area contributed by atoms with Gasteiger partial charge >= 0.3 is 0 Å². The molecule has 0 aliphatic carbocycles. The third kappa shape index (κ3) is 4.91. The maximum absolute atomic E-state index is 12.6. The number of rotatable bonds is 6. The fourth-order valence-corrected chi connectivity index (χ4v) is 4.11. The molecular weight excluding hydrogens is 314 g/mol. The fourth-order valence-electron chi connectivity index (χ4n) is 4.11. The zero-order valence-electron chi connectivity index (χ0n) is 15.4. The van der Waals surface area contributed by atoms with Crippen LogP contribution in [0.25, 0.3) is 0 Å². The van der Waals surface area contributed by atoms with E-state index >= 15 is 0 Å². The fraction of sp³-hybridized carbons (Fsp3) is 0.737. The topological polar surface area (TPSA) is 61.4 Å². The molecule has 0 spiro atoms. The lowest BCUT2D eigenvalue weighted by Crippen LogP contribution is -2.47. The second-order valence-corrected chi connectivity index (χ2v) is 7.22. The highest BCUT2D eigenvalue weighted by Crippen LogP contribution is 2.21. The summed E-state index contributed by atoms with van der Waals surface area (Å²) in [5.41, 5.74) is 0. The number of nitrogens with one attached hydrogen (secondary N) is 1. The van der Waals surface area contributed by atoms with Crippen LogP contribution in [0.4, 0.5) is 5.95 Å². The molecule has 6 nitrogen and oxygen atoms in total. The van der Waals surface area contributed by atoms with Crippen LogP contribution in [0.5, 0.6) is 0 Å². The minimum atomic E-state index is 0.0425. The van der Waals surface area contributed by atoms with E-state index < -0.39 is 0 Å². The smallest absolute Gasteiger partial charge is 0.225 e. The average Bonchev–Trinajstić information content (AvgIpc) is 2.69. The number of anilines is 1. The average molecular weight is 345 g/mol. The van der Waals surface area contributed by atoms with Crippen molar-refractivity contribution in [1.82, 2.24) is 20.2 Å². The van der Waals surface area contributed by atoms with Crippen LogP contribution >= 0.6 is 0 Å². The predicted molar refractivity (Wildman–Crippen MR) is 99.5 cm³/mol. The predicted octanol–water partition coefficient (Wildman–Crippen LogP) is 2.07. The van der Waals surface area contributed by atoms with Gasteiger partial charge in [-0.1, -0.05) is 13.3 Å². The normalized spacial score (nSPS) is 24.9. The Hall–Kier alpha value is -1.69. The molecule has 2 aliphatic heterocycles. The molecule has 138 valence electrons. The quantitative estimate of drug-likeness (QED) is 0.855. The lowest BCUT2D eigenvalue weighted by molar-refractivity contribution is -0.125. The van der Waals surface area contributed by atoms with Gasteiger partial charge in [-0.3, -0.25) is 9.69 Å². The number of piperidine rings is 2. The van der Waals surface area contributed by atoms with E-state index in [1.165, 1.54) is 32.2 Å². The Kier molecular flexibility index (Phi) is 6.62. The minimum absolute atomic E-state index is 0.0425. The van der Waals surface area contributed by atoms with Crippen molar-refractivity contribution in [1.29, 1.82) is 0 Å². The SMILES string of the molecule is CC[C@@H]1CCCCN1CCNC(=O)[C@@H]1CCCN(c2ncccn2)C1. The Balaban J connectivity index is 1.44. The molecule has 3 rings (SSSR count). The Morgan fingerprint density at radius 1 is 1.20 bits per heavy atom. The van der Waals surface area contributed by atoms with E-state index in [0.717, 1.165) is 45.0 Å². The van der Waals surface area contributed by atoms with Crippen molar-refractivity contribution in [3.8, 4) is 0 Å². The molecule has 6 heteroatoms. The van der Waals surface area contributed by atoms with Gasteiger partial charge in [0.05, 0.1) is 5.92 Å². The number of amides is 1. The van der Waals surface area contributed by atoms with E-state index in [9.17, 15) is 4.79 Å². The summed E-state index contributed by atoms with van der Waals surface area (Å²) in [6.07, 6.45) is 10.6. The Morgan fingerprint density at radius 2 is 2.04 bits per heavy atom. The van der Waals surface area contributed by atoms with Crippen molar-refractivity contribution >= 4 is 11.9 Å². The highest BCUT2D eigenvalue weighted by molar-refractivity contribution is 5.79. The Morgan fingerprint density at radius 3 is 2.84 bits per heavy atom. The van der Waals surface area contributed by atoms with Crippen molar-refractivity contribution in [2.75, 3.05) is 37.6 Å². The molecule has 2 aliphatic rings. The first-order valence-electron chi connectivity index (χ1n) is 9.81. The third-order valence-electron chi connectivity index (χ3n) is 5.55. The molecule has 1 aromatic heterocycles. The summed E-state index contributed by atoms with van der Waals surface area (Å²) >= 11 is 0. The van der Waals surface area contributed by atoms with E-state index in [1.54, 1.807) is 12.4 Å². The Labute approximate surface area is 151 Å². The van der Waals surface area contributed by atoms with Gasteiger partial charge in [0, 0.05) is 44.6 Å². The maximum atomic E-state index is 12.6. The van der Waals surface area contributed by atoms with Crippen molar-refractivity contribution in [2.24, 2.45) is 5.92 Å². The summed E-state index contributed by atoms with van der Waals surface area (Å²) in [5, 5.41) is 3.17. The summed E-state index contributed by atoms with van der Waals surface area (Å²) < 4.78 is 0. The molecule has 1 amide bonds. The third-order valence-corrected chi connectivity index (χ3v) is 5.55. The number of carbonyl (C=O) groups excluding carboxylic acids is 1. The number of carbonyl (C=O) groups is 1. The van der Waals surface area contributed by atoms with Gasteiger partial charge in [-0.2, -0.15) is 0 Å². The van der Waals surface area contributed by atoms with Crippen LogP contribution in [-0.4, -0.2) is 59.5 Å². The first-order chi connectivity index (χ1) is 12.3. The maximum Gasteiger partial charge on any atom is 0.225 e. The van der Waals surface area contributed by atoms with Gasteiger partial charge in [0.1, 0.15) is 0 Å². The van der Waals surface area contributed by atoms with Crippen molar-refractivity contribution in [2.45, 2.75) is 51.5 Å². The number of hydrogen-bond acceptors (Lipinski definition) is 5. The van der Waals surface area contributed by atoms with Gasteiger partial charge in [-0.25, -0.2) is 9.97 Å². The summed E-state index contributed by atoms with van der Waals surface area (Å²) in [5.74, 6) is 0.964. The Bertz CT molecular complexity index is 538. The second kappa shape index (κ2) is 9.13. The zero-order valence-corrected chi connectivity index (χ0v) is 15.4. The molecule has 2 fully saturated rings. The van der Waals surface area contributed by atoms with Gasteiger partial charge in [-0.15, -0.1) is 0 Å². The molecule has 0 radical (unpaired) electrons. The number of nitrogens with zero attached hydrogens (tertiary/aromatic N) is 4. The largest absolute Gasteiger partial charge is 0.355 e. The molecular formula is C19H31N5O. The van der Waals surface area contributed by atoms with E-state index in [1.807, 2.05) is 6.07 Å². The van der Waals surface area contributed by atoms with Gasteiger partial charge in [0.25, 0.3) is 0 Å². The second-order valence-electron chi connectivity index (χ2n) is 7.22. The molecule has 0 saturated carbocycles. The van der Waals surface area contributed by atoms with E-state index in [0.29, 0.717) is 6.04 Å². The standard InChI is InChI=1S/C19H31N5O/c1-2-17-8-3-4-12-23(17)14-11-20-18(25)16-7-5-13-24(15-16)19-21-9-6-10-22-19/h6,9-10,16-17H,2-5,7-8,11-15H2,1H3,(H,20,25)/t16-,17-/m1/s1. The van der Waals surface area contributed by atoms with Crippen molar-refractivity contribution in [3.05, 3.63) is 18.5 Å². The number of hydrogen-bond donors (Lipinski definition) is 1. The highest BCUT2D eigenvalue weighted by atomic mass is 16.1. The van der Waals surface area contributed by atoms with Crippen LogP contribution < -0.4 is 10.2 Å². The minimum Gasteiger partial charge on any atom is -0.355 e. The number of aromatic nitrogens is 2. The monoisotopic (exact) mass is 345 g/mol. The van der Waals surface area contributed by atoms with Gasteiger partial charge in [0.15, 0.2) is 0 Å². The lowest BCUT2D eigenvalue weighted by Gasteiger charge is -2.35. The molecule has 0 bridgehead atoms. The van der Waals surface area contributed by atoms with E-state index in [2.05, 4.69) is 32.0 Å². The highest BCUT2D eigenvalue weighted by Gasteiger charge is 2.27. The van der Waals surface area contributed by atoms with Crippen LogP contribution in [0.2, 0.25) is 0 Å². The molecule has 0 aromatic carbocycles. The first-order valence-corrected chi connectivity index (χ1v) is 9.81. The van der Waals surface area contributed by atoms with Crippen LogP contribution in [0.1, 0.15) is 45.4 Å². The molecule has 3 heterocycles. The van der Waals surface area contributed by atoms with Crippen LogP contribution in [-0.2, 0) is 4.79 Å². The molecule has 1 aromatic rings. The molecule has 1 N–H and O–H groups in total. The molecule has 0 unspecified atom stereocenters. The zero-order chi connectivity index (χ0) is 17.5. The van der Waals surface area contributed by atoms with Gasteiger partial charge in [-0.05, 0) is 44.7 Å². The van der Waals surface area contributed by atoms with Gasteiger partial charge < -0.3 is 10.2 Å². The number of likely N-dealkylation sites (tertiary alicyclic amines) is 1. The summed E-state index contributed by atoms with van der Waals surface area (Å²) in [7, 11) is 0. The summed E-state index contributed by atoms with van der Waals surface area (Å²) in [4.78, 5) is 25.9. The molecule has 2 saturated heterocycles. The summed E-state index contributed by atoms with van der Waals surface area (Å²) in [6.45, 7) is 6.83. The first kappa shape index (κ1) is 18.1. The van der Waals surface area contributed by atoms with E-state index in [-0.39, 0.29) is 11.8 Å². The molecule has 25 heavy (non-hydrogen) atoms. The van der Waals surface area contributed by atoms with Crippen molar-refractivity contribution in [3.63, 3.8) is 0 Å². The van der Waals surface area contributed by atoms with Gasteiger partial charge in [0.2, 0.25) is 11.9 Å². The summed E-state index contributed by atoms with van der Waals surface area (Å²) in [6, 6.07) is 2.52. The van der Waals surface area contributed by atoms with Crippen molar-refractivity contribution < 1.29 is 4.79 Å². The molecule has 2 atom stereocenters. The van der Waals surface area contributed by atoms with Crippen LogP contribution in [0.3, 0.4) is 0 Å². The lowest BCUT2D eigenvalue weighted by atomic mass is 9.97. The van der Waals surface area contributed by atoms with Crippen LogP contribution in [0.15, 0.2) is 18.5 Å². The van der Waals surface area contributed by atoms with E-state index in [4.69, 9.17) is 0 Å². The van der Waals surface area contributed by atoms with Crippen LogP contribution in [0, 0.1) is 5.92 Å².